The monoisotopic (exact) mass is 249 g/mol. The number of ether oxygens (including phenoxy) is 1. The maximum Gasteiger partial charge on any atom is 0.321 e. The van der Waals surface area contributed by atoms with Crippen molar-refractivity contribution < 1.29 is 13.9 Å². The first kappa shape index (κ1) is 12.2. The van der Waals surface area contributed by atoms with Gasteiger partial charge in [0.1, 0.15) is 23.9 Å². The van der Waals surface area contributed by atoms with Crippen molar-refractivity contribution in [2.45, 2.75) is 12.8 Å². The van der Waals surface area contributed by atoms with Gasteiger partial charge in [-0.1, -0.05) is 18.2 Å². The van der Waals surface area contributed by atoms with Crippen molar-refractivity contribution in [1.29, 1.82) is 0 Å². The van der Waals surface area contributed by atoms with Crippen molar-refractivity contribution in [2.75, 3.05) is 6.61 Å². The number of carbonyl (C=O) groups excluding carboxylic acids is 1. The fourth-order valence-corrected chi connectivity index (χ4v) is 1.67. The summed E-state index contributed by atoms with van der Waals surface area (Å²) in [5.41, 5.74) is 0.215. The SMILES string of the molecule is CCOC(=O)C(c1ncn[nH]1)c1ccccc1F. The molecule has 2 aromatic rings. The lowest BCUT2D eigenvalue weighted by atomic mass is 9.98. The molecular weight excluding hydrogens is 237 g/mol. The molecule has 0 saturated carbocycles. The van der Waals surface area contributed by atoms with Crippen LogP contribution >= 0.6 is 0 Å². The number of esters is 1. The first-order valence-corrected chi connectivity index (χ1v) is 5.50. The molecule has 1 aromatic carbocycles. The summed E-state index contributed by atoms with van der Waals surface area (Å²) in [6, 6.07) is 6.03. The Kier molecular flexibility index (Phi) is 3.66. The zero-order chi connectivity index (χ0) is 13.0. The number of nitrogens with one attached hydrogen (secondary N) is 1. The second-order valence-corrected chi connectivity index (χ2v) is 3.58. The first-order chi connectivity index (χ1) is 8.74. The zero-order valence-electron chi connectivity index (χ0n) is 9.76. The fourth-order valence-electron chi connectivity index (χ4n) is 1.67. The van der Waals surface area contributed by atoms with E-state index in [2.05, 4.69) is 15.2 Å². The number of hydrogen-bond donors (Lipinski definition) is 1. The molecule has 0 aliphatic carbocycles. The minimum Gasteiger partial charge on any atom is -0.465 e. The zero-order valence-corrected chi connectivity index (χ0v) is 9.76. The molecule has 0 bridgehead atoms. The highest BCUT2D eigenvalue weighted by Crippen LogP contribution is 2.25. The lowest BCUT2D eigenvalue weighted by Crippen LogP contribution is -2.19. The number of benzene rings is 1. The van der Waals surface area contributed by atoms with E-state index in [9.17, 15) is 9.18 Å². The van der Waals surface area contributed by atoms with Crippen LogP contribution in [0.15, 0.2) is 30.6 Å². The molecule has 18 heavy (non-hydrogen) atoms. The molecule has 1 heterocycles. The molecule has 0 saturated heterocycles. The molecule has 6 heteroatoms. The number of carbonyl (C=O) groups is 1. The molecule has 0 aliphatic rings. The van der Waals surface area contributed by atoms with Gasteiger partial charge < -0.3 is 4.74 Å². The predicted octanol–water partition coefficient (Wildman–Crippen LogP) is 1.64. The van der Waals surface area contributed by atoms with Crippen LogP contribution in [-0.2, 0) is 9.53 Å². The van der Waals surface area contributed by atoms with Crippen molar-refractivity contribution in [3.63, 3.8) is 0 Å². The van der Waals surface area contributed by atoms with E-state index >= 15 is 0 Å². The van der Waals surface area contributed by atoms with Crippen molar-refractivity contribution >= 4 is 5.97 Å². The molecule has 0 spiro atoms. The van der Waals surface area contributed by atoms with Gasteiger partial charge in [0, 0.05) is 5.56 Å². The molecule has 2 rings (SSSR count). The van der Waals surface area contributed by atoms with Crippen LogP contribution in [0.25, 0.3) is 0 Å². The third kappa shape index (κ3) is 2.37. The average Bonchev–Trinajstić information content (AvgIpc) is 2.86. The van der Waals surface area contributed by atoms with E-state index in [1.165, 1.54) is 18.5 Å². The van der Waals surface area contributed by atoms with E-state index in [1.54, 1.807) is 19.1 Å². The van der Waals surface area contributed by atoms with Crippen LogP contribution in [0.1, 0.15) is 24.2 Å². The summed E-state index contributed by atoms with van der Waals surface area (Å²) < 4.78 is 18.7. The van der Waals surface area contributed by atoms with Gasteiger partial charge in [-0.2, -0.15) is 5.10 Å². The molecular formula is C12H12FN3O2. The number of aromatic amines is 1. The Morgan fingerprint density at radius 1 is 1.50 bits per heavy atom. The maximum absolute atomic E-state index is 13.8. The van der Waals surface area contributed by atoms with E-state index in [-0.39, 0.29) is 18.0 Å². The summed E-state index contributed by atoms with van der Waals surface area (Å²) in [6.45, 7) is 1.91. The second-order valence-electron chi connectivity index (χ2n) is 3.58. The number of halogens is 1. The molecule has 0 fully saturated rings. The summed E-state index contributed by atoms with van der Waals surface area (Å²) in [5, 5.41) is 6.25. The lowest BCUT2D eigenvalue weighted by molar-refractivity contribution is -0.144. The topological polar surface area (TPSA) is 67.9 Å². The van der Waals surface area contributed by atoms with Gasteiger partial charge >= 0.3 is 5.97 Å². The van der Waals surface area contributed by atoms with Gasteiger partial charge in [0.25, 0.3) is 0 Å². The third-order valence-electron chi connectivity index (χ3n) is 2.45. The van der Waals surface area contributed by atoms with E-state index in [0.29, 0.717) is 0 Å². The molecule has 0 aliphatic heterocycles. The summed E-state index contributed by atoms with van der Waals surface area (Å²) in [5.74, 6) is -1.70. The summed E-state index contributed by atoms with van der Waals surface area (Å²) in [6.07, 6.45) is 1.27. The van der Waals surface area contributed by atoms with E-state index < -0.39 is 17.7 Å². The van der Waals surface area contributed by atoms with Crippen LogP contribution in [0.3, 0.4) is 0 Å². The minimum atomic E-state index is -0.923. The molecule has 5 nitrogen and oxygen atoms in total. The van der Waals surface area contributed by atoms with Crippen molar-refractivity contribution in [3.8, 4) is 0 Å². The molecule has 0 amide bonds. The molecule has 0 radical (unpaired) electrons. The number of hydrogen-bond acceptors (Lipinski definition) is 4. The largest absolute Gasteiger partial charge is 0.465 e. The van der Waals surface area contributed by atoms with Crippen molar-refractivity contribution in [3.05, 3.63) is 47.8 Å². The van der Waals surface area contributed by atoms with Crippen molar-refractivity contribution in [1.82, 2.24) is 15.2 Å². The first-order valence-electron chi connectivity index (χ1n) is 5.50. The van der Waals surface area contributed by atoms with E-state index in [0.717, 1.165) is 0 Å². The van der Waals surface area contributed by atoms with Gasteiger partial charge in [-0.05, 0) is 13.0 Å². The highest BCUT2D eigenvalue weighted by atomic mass is 19.1. The van der Waals surface area contributed by atoms with Crippen LogP contribution in [-0.4, -0.2) is 27.8 Å². The number of H-pyrrole nitrogens is 1. The van der Waals surface area contributed by atoms with Gasteiger partial charge in [-0.15, -0.1) is 0 Å². The van der Waals surface area contributed by atoms with Gasteiger partial charge in [0.2, 0.25) is 0 Å². The van der Waals surface area contributed by atoms with Crippen LogP contribution in [0.2, 0.25) is 0 Å². The Morgan fingerprint density at radius 3 is 2.89 bits per heavy atom. The highest BCUT2D eigenvalue weighted by molar-refractivity contribution is 5.81. The molecule has 1 unspecified atom stereocenters. The van der Waals surface area contributed by atoms with Crippen LogP contribution in [0, 0.1) is 5.82 Å². The lowest BCUT2D eigenvalue weighted by Gasteiger charge is -2.13. The van der Waals surface area contributed by atoms with Gasteiger partial charge in [0.05, 0.1) is 6.61 Å². The number of nitrogens with zero attached hydrogens (tertiary/aromatic N) is 2. The van der Waals surface area contributed by atoms with Crippen LogP contribution in [0.4, 0.5) is 4.39 Å². The molecule has 94 valence electrons. The predicted molar refractivity (Wildman–Crippen MR) is 61.3 cm³/mol. The fraction of sp³-hybridized carbons (Fsp3) is 0.250. The summed E-state index contributed by atoms with van der Waals surface area (Å²) in [7, 11) is 0. The number of aromatic nitrogens is 3. The summed E-state index contributed by atoms with van der Waals surface area (Å²) in [4.78, 5) is 15.8. The summed E-state index contributed by atoms with van der Waals surface area (Å²) >= 11 is 0. The normalized spacial score (nSPS) is 12.1. The Bertz CT molecular complexity index is 528. The molecule has 1 N–H and O–H groups in total. The van der Waals surface area contributed by atoms with Gasteiger partial charge in [-0.3, -0.25) is 9.89 Å². The second kappa shape index (κ2) is 5.39. The molecule has 1 aromatic heterocycles. The minimum absolute atomic E-state index is 0.215. The van der Waals surface area contributed by atoms with E-state index in [1.807, 2.05) is 0 Å². The molecule has 1 atom stereocenters. The average molecular weight is 249 g/mol. The van der Waals surface area contributed by atoms with E-state index in [4.69, 9.17) is 4.74 Å². The smallest absolute Gasteiger partial charge is 0.321 e. The van der Waals surface area contributed by atoms with Gasteiger partial charge in [0.15, 0.2) is 0 Å². The maximum atomic E-state index is 13.8. The standard InChI is InChI=1S/C12H12FN3O2/c1-2-18-12(17)10(11-14-7-15-16-11)8-5-3-4-6-9(8)13/h3-7,10H,2H2,1H3,(H,14,15,16). The van der Waals surface area contributed by atoms with Crippen LogP contribution in [0.5, 0.6) is 0 Å². The quantitative estimate of drug-likeness (QED) is 0.836. The number of rotatable bonds is 4. The van der Waals surface area contributed by atoms with Crippen LogP contribution < -0.4 is 0 Å². The Balaban J connectivity index is 2.43. The highest BCUT2D eigenvalue weighted by Gasteiger charge is 2.29. The Morgan fingerprint density at radius 2 is 2.28 bits per heavy atom. The van der Waals surface area contributed by atoms with Crippen molar-refractivity contribution in [2.24, 2.45) is 0 Å². The Labute approximate surface area is 103 Å². The van der Waals surface area contributed by atoms with Gasteiger partial charge in [-0.25, -0.2) is 9.37 Å². The third-order valence-corrected chi connectivity index (χ3v) is 2.45. The Hall–Kier alpha value is -2.24.